The Labute approximate surface area is 92.7 Å². The van der Waals surface area contributed by atoms with E-state index in [4.69, 9.17) is 11.6 Å². The van der Waals surface area contributed by atoms with Crippen molar-refractivity contribution in [3.63, 3.8) is 0 Å². The van der Waals surface area contributed by atoms with Crippen molar-refractivity contribution < 1.29 is 0 Å². The molecule has 0 unspecified atom stereocenters. The Morgan fingerprint density at radius 2 is 2.00 bits per heavy atom. The summed E-state index contributed by atoms with van der Waals surface area (Å²) in [4.78, 5) is 0. The molecule has 0 aliphatic rings. The van der Waals surface area contributed by atoms with Gasteiger partial charge in [-0.2, -0.15) is 0 Å². The number of unbranched alkanes of at least 4 members (excludes halogenated alkanes) is 1. The fourth-order valence-corrected chi connectivity index (χ4v) is 1.62. The summed E-state index contributed by atoms with van der Waals surface area (Å²) in [5.74, 6) is 0. The SMILES string of the molecule is CCCC=C(Br)c1ccc(Cl)cc1. The van der Waals surface area contributed by atoms with Crippen LogP contribution in [0.1, 0.15) is 25.3 Å². The van der Waals surface area contributed by atoms with Crippen LogP contribution >= 0.6 is 27.5 Å². The molecule has 0 aliphatic carbocycles. The summed E-state index contributed by atoms with van der Waals surface area (Å²) in [5, 5.41) is 0.777. The van der Waals surface area contributed by atoms with Gasteiger partial charge in [0, 0.05) is 9.51 Å². The first-order chi connectivity index (χ1) is 6.24. The van der Waals surface area contributed by atoms with Crippen molar-refractivity contribution in [2.24, 2.45) is 0 Å². The largest absolute Gasteiger partial charge is 0.0843 e. The second-order valence-corrected chi connectivity index (χ2v) is 4.14. The van der Waals surface area contributed by atoms with Gasteiger partial charge in [0.2, 0.25) is 0 Å². The summed E-state index contributed by atoms with van der Waals surface area (Å²) in [6.07, 6.45) is 4.45. The summed E-state index contributed by atoms with van der Waals surface area (Å²) >= 11 is 9.32. The summed E-state index contributed by atoms with van der Waals surface area (Å²) in [5.41, 5.74) is 1.18. The normalized spacial score (nSPS) is 11.8. The quantitative estimate of drug-likeness (QED) is 0.726. The maximum Gasteiger partial charge on any atom is 0.0406 e. The van der Waals surface area contributed by atoms with Crippen molar-refractivity contribution >= 4 is 32.0 Å². The molecule has 0 aromatic heterocycles. The van der Waals surface area contributed by atoms with E-state index in [2.05, 4.69) is 28.9 Å². The molecule has 0 aliphatic heterocycles. The lowest BCUT2D eigenvalue weighted by Gasteiger charge is -1.99. The highest BCUT2D eigenvalue weighted by Gasteiger charge is 1.95. The number of halogens is 2. The van der Waals surface area contributed by atoms with E-state index in [-0.39, 0.29) is 0 Å². The molecule has 0 saturated carbocycles. The van der Waals surface area contributed by atoms with Crippen LogP contribution in [-0.2, 0) is 0 Å². The standard InChI is InChI=1S/C11H12BrCl/c1-2-3-4-11(12)9-5-7-10(13)8-6-9/h4-8H,2-3H2,1H3. The Morgan fingerprint density at radius 1 is 1.38 bits per heavy atom. The summed E-state index contributed by atoms with van der Waals surface area (Å²) in [6, 6.07) is 7.83. The molecular weight excluding hydrogens is 247 g/mol. The Hall–Kier alpha value is -0.270. The lowest BCUT2D eigenvalue weighted by Crippen LogP contribution is -1.75. The van der Waals surface area contributed by atoms with Crippen LogP contribution in [0.25, 0.3) is 4.48 Å². The van der Waals surface area contributed by atoms with Gasteiger partial charge in [-0.25, -0.2) is 0 Å². The lowest BCUT2D eigenvalue weighted by molar-refractivity contribution is 0.962. The predicted octanol–water partition coefficient (Wildman–Crippen LogP) is 4.88. The van der Waals surface area contributed by atoms with Crippen LogP contribution in [0.2, 0.25) is 5.02 Å². The third kappa shape index (κ3) is 3.53. The van der Waals surface area contributed by atoms with Crippen molar-refractivity contribution in [3.05, 3.63) is 40.9 Å². The minimum atomic E-state index is 0.777. The fraction of sp³-hybridized carbons (Fsp3) is 0.273. The van der Waals surface area contributed by atoms with E-state index in [1.54, 1.807) is 0 Å². The second kappa shape index (κ2) is 5.46. The summed E-state index contributed by atoms with van der Waals surface area (Å²) in [6.45, 7) is 2.17. The number of hydrogen-bond acceptors (Lipinski definition) is 0. The molecule has 0 nitrogen and oxygen atoms in total. The average Bonchev–Trinajstić information content (AvgIpc) is 2.15. The summed E-state index contributed by atoms with van der Waals surface area (Å²) < 4.78 is 1.14. The minimum absolute atomic E-state index is 0.777. The Kier molecular flexibility index (Phi) is 4.54. The van der Waals surface area contributed by atoms with Gasteiger partial charge in [0.25, 0.3) is 0 Å². The molecule has 2 heteroatoms. The first-order valence-corrected chi connectivity index (χ1v) is 5.52. The molecule has 70 valence electrons. The number of benzene rings is 1. The molecule has 0 bridgehead atoms. The van der Waals surface area contributed by atoms with Crippen LogP contribution in [0.4, 0.5) is 0 Å². The Morgan fingerprint density at radius 3 is 2.54 bits per heavy atom. The smallest absolute Gasteiger partial charge is 0.0406 e. The maximum atomic E-state index is 5.79. The van der Waals surface area contributed by atoms with E-state index >= 15 is 0 Å². The van der Waals surface area contributed by atoms with Crippen molar-refractivity contribution in [1.82, 2.24) is 0 Å². The van der Waals surface area contributed by atoms with Crippen LogP contribution in [0, 0.1) is 0 Å². The third-order valence-corrected chi connectivity index (χ3v) is 2.77. The monoisotopic (exact) mass is 258 g/mol. The van der Waals surface area contributed by atoms with Gasteiger partial charge in [-0.3, -0.25) is 0 Å². The fourth-order valence-electron chi connectivity index (χ4n) is 0.998. The second-order valence-electron chi connectivity index (χ2n) is 2.85. The third-order valence-electron chi connectivity index (χ3n) is 1.73. The van der Waals surface area contributed by atoms with Crippen LogP contribution in [0.3, 0.4) is 0 Å². The van der Waals surface area contributed by atoms with Gasteiger partial charge >= 0.3 is 0 Å². The molecule has 0 atom stereocenters. The molecule has 0 N–H and O–H groups in total. The minimum Gasteiger partial charge on any atom is -0.0843 e. The van der Waals surface area contributed by atoms with Crippen LogP contribution in [-0.4, -0.2) is 0 Å². The molecule has 13 heavy (non-hydrogen) atoms. The number of rotatable bonds is 3. The van der Waals surface area contributed by atoms with Crippen LogP contribution < -0.4 is 0 Å². The number of allylic oxidation sites excluding steroid dienone is 1. The molecule has 0 heterocycles. The highest BCUT2D eigenvalue weighted by Crippen LogP contribution is 2.23. The van der Waals surface area contributed by atoms with Crippen molar-refractivity contribution in [2.45, 2.75) is 19.8 Å². The molecule has 0 amide bonds. The molecule has 0 spiro atoms. The molecule has 1 aromatic rings. The zero-order chi connectivity index (χ0) is 9.68. The first-order valence-electron chi connectivity index (χ1n) is 4.35. The molecule has 0 fully saturated rings. The topological polar surface area (TPSA) is 0 Å². The highest BCUT2D eigenvalue weighted by molar-refractivity contribution is 9.15. The Bertz CT molecular complexity index is 287. The predicted molar refractivity (Wildman–Crippen MR) is 63.3 cm³/mol. The maximum absolute atomic E-state index is 5.79. The molecular formula is C11H12BrCl. The van der Waals surface area contributed by atoms with Gasteiger partial charge in [-0.05, 0) is 24.1 Å². The van der Waals surface area contributed by atoms with E-state index in [0.717, 1.165) is 15.9 Å². The average molecular weight is 260 g/mol. The van der Waals surface area contributed by atoms with Crippen molar-refractivity contribution in [3.8, 4) is 0 Å². The van der Waals surface area contributed by atoms with Gasteiger partial charge in [0.1, 0.15) is 0 Å². The van der Waals surface area contributed by atoms with Gasteiger partial charge < -0.3 is 0 Å². The Balaban J connectivity index is 2.77. The van der Waals surface area contributed by atoms with E-state index < -0.39 is 0 Å². The number of hydrogen-bond donors (Lipinski definition) is 0. The van der Waals surface area contributed by atoms with Crippen LogP contribution in [0.5, 0.6) is 0 Å². The van der Waals surface area contributed by atoms with Gasteiger partial charge in [0.15, 0.2) is 0 Å². The van der Waals surface area contributed by atoms with Gasteiger partial charge in [0.05, 0.1) is 0 Å². The van der Waals surface area contributed by atoms with E-state index in [9.17, 15) is 0 Å². The van der Waals surface area contributed by atoms with Gasteiger partial charge in [-0.15, -0.1) is 0 Å². The van der Waals surface area contributed by atoms with Crippen molar-refractivity contribution in [1.29, 1.82) is 0 Å². The molecule has 0 radical (unpaired) electrons. The van der Waals surface area contributed by atoms with Crippen molar-refractivity contribution in [2.75, 3.05) is 0 Å². The van der Waals surface area contributed by atoms with E-state index in [1.165, 1.54) is 12.0 Å². The zero-order valence-corrected chi connectivity index (χ0v) is 9.90. The van der Waals surface area contributed by atoms with Crippen LogP contribution in [0.15, 0.2) is 30.3 Å². The molecule has 1 aromatic carbocycles. The molecule has 1 rings (SSSR count). The van der Waals surface area contributed by atoms with E-state index in [0.29, 0.717) is 0 Å². The highest BCUT2D eigenvalue weighted by atomic mass is 79.9. The molecule has 0 saturated heterocycles. The van der Waals surface area contributed by atoms with E-state index in [1.807, 2.05) is 24.3 Å². The first kappa shape index (κ1) is 10.8. The summed E-state index contributed by atoms with van der Waals surface area (Å²) in [7, 11) is 0. The van der Waals surface area contributed by atoms with Gasteiger partial charge in [-0.1, -0.05) is 59.1 Å². The lowest BCUT2D eigenvalue weighted by atomic mass is 10.2. The zero-order valence-electron chi connectivity index (χ0n) is 7.56.